The number of likely N-dealkylation sites (N-methyl/N-ethyl adjacent to an activating group) is 1. The summed E-state index contributed by atoms with van der Waals surface area (Å²) in [5.41, 5.74) is 0.599. The number of hydrogen-bond donors (Lipinski definition) is 1. The first-order valence-corrected chi connectivity index (χ1v) is 8.16. The molecule has 0 radical (unpaired) electrons. The van der Waals surface area contributed by atoms with Gasteiger partial charge < -0.3 is 15.0 Å². The van der Waals surface area contributed by atoms with Crippen LogP contribution in [0.25, 0.3) is 6.08 Å². The lowest BCUT2D eigenvalue weighted by atomic mass is 10.2. The summed E-state index contributed by atoms with van der Waals surface area (Å²) in [4.78, 5) is 17.8. The maximum atomic E-state index is 14.2. The molecule has 2 heterocycles. The Kier molecular flexibility index (Phi) is 9.21. The molecule has 1 aliphatic heterocycles. The van der Waals surface area contributed by atoms with Gasteiger partial charge in [0, 0.05) is 31.9 Å². The van der Waals surface area contributed by atoms with E-state index < -0.39 is 5.82 Å². The first-order chi connectivity index (χ1) is 12.1. The number of rotatable bonds is 5. The van der Waals surface area contributed by atoms with E-state index >= 15 is 0 Å². The van der Waals surface area contributed by atoms with Crippen molar-refractivity contribution in [1.29, 1.82) is 0 Å². The van der Waals surface area contributed by atoms with Gasteiger partial charge in [0.15, 0.2) is 11.6 Å². The summed E-state index contributed by atoms with van der Waals surface area (Å²) in [5.74, 6) is -0.00566. The maximum absolute atomic E-state index is 14.2. The smallest absolute Gasteiger partial charge is 0.246 e. The molecule has 146 valence electrons. The second-order valence-corrected chi connectivity index (χ2v) is 5.91. The van der Waals surface area contributed by atoms with Crippen LogP contribution in [-0.4, -0.2) is 42.0 Å². The van der Waals surface area contributed by atoms with Crippen LogP contribution in [0, 0.1) is 5.82 Å². The molecule has 0 aliphatic carbocycles. The molecule has 1 aromatic carbocycles. The number of ether oxygens (including phenoxy) is 1. The van der Waals surface area contributed by atoms with Crippen molar-refractivity contribution in [3.05, 3.63) is 60.2 Å². The Hall–Kier alpha value is -2.15. The van der Waals surface area contributed by atoms with Gasteiger partial charge in [-0.15, -0.1) is 24.8 Å². The largest absolute Gasteiger partial charge is 0.453 e. The molecule has 1 fully saturated rings. The lowest BCUT2D eigenvalue weighted by molar-refractivity contribution is -0.126. The third kappa shape index (κ3) is 6.20. The first-order valence-electron chi connectivity index (χ1n) is 8.16. The predicted molar refractivity (Wildman–Crippen MR) is 108 cm³/mol. The van der Waals surface area contributed by atoms with Crippen molar-refractivity contribution in [2.75, 3.05) is 20.1 Å². The SMILES string of the molecule is CN(C(=O)C=Cc1ccc(Oc2cccnc2)c(F)c1)C1CCNC1.Cl.Cl. The van der Waals surface area contributed by atoms with Crippen LogP contribution in [0.3, 0.4) is 0 Å². The summed E-state index contributed by atoms with van der Waals surface area (Å²) >= 11 is 0. The summed E-state index contributed by atoms with van der Waals surface area (Å²) < 4.78 is 19.6. The molecule has 1 unspecified atom stereocenters. The molecular weight excluding hydrogens is 392 g/mol. The quantitative estimate of drug-likeness (QED) is 0.759. The second-order valence-electron chi connectivity index (χ2n) is 5.91. The fourth-order valence-corrected chi connectivity index (χ4v) is 2.67. The lowest BCUT2D eigenvalue weighted by Gasteiger charge is -2.22. The van der Waals surface area contributed by atoms with Crippen molar-refractivity contribution in [2.45, 2.75) is 12.5 Å². The summed E-state index contributed by atoms with van der Waals surface area (Å²) in [6, 6.07) is 8.21. The van der Waals surface area contributed by atoms with Crippen molar-refractivity contribution in [2.24, 2.45) is 0 Å². The molecule has 1 saturated heterocycles. The number of amides is 1. The second kappa shape index (κ2) is 10.9. The number of nitrogens with zero attached hydrogens (tertiary/aromatic N) is 2. The van der Waals surface area contributed by atoms with E-state index in [4.69, 9.17) is 4.74 Å². The lowest BCUT2D eigenvalue weighted by Crippen LogP contribution is -2.37. The number of hydrogen-bond acceptors (Lipinski definition) is 4. The van der Waals surface area contributed by atoms with Crippen molar-refractivity contribution in [3.63, 3.8) is 0 Å². The number of halogens is 3. The Labute approximate surface area is 170 Å². The Morgan fingerprint density at radius 2 is 2.19 bits per heavy atom. The zero-order chi connectivity index (χ0) is 17.6. The van der Waals surface area contributed by atoms with Crippen LogP contribution in [0.2, 0.25) is 0 Å². The van der Waals surface area contributed by atoms with E-state index in [0.717, 1.165) is 19.5 Å². The van der Waals surface area contributed by atoms with Crippen LogP contribution >= 0.6 is 24.8 Å². The Morgan fingerprint density at radius 1 is 1.37 bits per heavy atom. The van der Waals surface area contributed by atoms with Gasteiger partial charge in [-0.05, 0) is 48.9 Å². The third-order valence-electron chi connectivity index (χ3n) is 4.17. The van der Waals surface area contributed by atoms with Crippen LogP contribution in [0.5, 0.6) is 11.5 Å². The van der Waals surface area contributed by atoms with E-state index in [1.807, 2.05) is 0 Å². The van der Waals surface area contributed by atoms with Gasteiger partial charge in [0.05, 0.1) is 6.20 Å². The van der Waals surface area contributed by atoms with Gasteiger partial charge in [-0.25, -0.2) is 4.39 Å². The minimum atomic E-state index is -0.494. The number of benzene rings is 1. The minimum absolute atomic E-state index is 0. The zero-order valence-corrected chi connectivity index (χ0v) is 16.4. The van der Waals surface area contributed by atoms with Gasteiger partial charge in [-0.2, -0.15) is 0 Å². The molecule has 2 aromatic rings. The molecular formula is C19H22Cl2FN3O2. The summed E-state index contributed by atoms with van der Waals surface area (Å²) in [6.07, 6.45) is 7.16. The molecule has 0 saturated carbocycles. The Morgan fingerprint density at radius 3 is 2.81 bits per heavy atom. The van der Waals surface area contributed by atoms with Gasteiger partial charge in [-0.1, -0.05) is 6.07 Å². The summed E-state index contributed by atoms with van der Waals surface area (Å²) in [5, 5.41) is 3.23. The highest BCUT2D eigenvalue weighted by molar-refractivity contribution is 5.91. The average molecular weight is 414 g/mol. The molecule has 5 nitrogen and oxygen atoms in total. The standard InChI is InChI=1S/C19H20FN3O2.2ClH/c1-23(15-8-10-22-12-15)19(24)7-5-14-4-6-18(17(20)11-14)25-16-3-2-9-21-13-16;;/h2-7,9,11,13,15,22H,8,10,12H2,1H3;2*1H. The van der Waals surface area contributed by atoms with Crippen LogP contribution in [0.1, 0.15) is 12.0 Å². The molecule has 3 rings (SSSR count). The molecule has 1 N–H and O–H groups in total. The number of pyridine rings is 1. The molecule has 27 heavy (non-hydrogen) atoms. The monoisotopic (exact) mass is 413 g/mol. The van der Waals surface area contributed by atoms with Gasteiger partial charge in [0.1, 0.15) is 5.75 Å². The highest BCUT2D eigenvalue weighted by atomic mass is 35.5. The van der Waals surface area contributed by atoms with E-state index in [-0.39, 0.29) is 42.5 Å². The van der Waals surface area contributed by atoms with Gasteiger partial charge in [0.25, 0.3) is 0 Å². The number of carbonyl (C=O) groups is 1. The van der Waals surface area contributed by atoms with E-state index in [2.05, 4.69) is 10.3 Å². The molecule has 1 aromatic heterocycles. The van der Waals surface area contributed by atoms with E-state index in [1.54, 1.807) is 42.4 Å². The summed E-state index contributed by atoms with van der Waals surface area (Å²) in [7, 11) is 1.79. The van der Waals surface area contributed by atoms with E-state index in [1.165, 1.54) is 24.4 Å². The molecule has 1 amide bonds. The first kappa shape index (κ1) is 22.9. The van der Waals surface area contributed by atoms with Gasteiger partial charge in [-0.3, -0.25) is 9.78 Å². The molecule has 0 bridgehead atoms. The highest BCUT2D eigenvalue weighted by Crippen LogP contribution is 2.24. The summed E-state index contributed by atoms with van der Waals surface area (Å²) in [6.45, 7) is 1.74. The van der Waals surface area contributed by atoms with Crippen LogP contribution in [-0.2, 0) is 4.79 Å². The van der Waals surface area contributed by atoms with Crippen LogP contribution < -0.4 is 10.1 Å². The Bertz CT molecular complexity index is 769. The van der Waals surface area contributed by atoms with Crippen LogP contribution in [0.4, 0.5) is 4.39 Å². The highest BCUT2D eigenvalue weighted by Gasteiger charge is 2.21. The van der Waals surface area contributed by atoms with Crippen LogP contribution in [0.15, 0.2) is 48.8 Å². The number of carbonyl (C=O) groups excluding carboxylic acids is 1. The van der Waals surface area contributed by atoms with Crippen molar-refractivity contribution in [3.8, 4) is 11.5 Å². The molecule has 1 atom stereocenters. The maximum Gasteiger partial charge on any atom is 0.246 e. The third-order valence-corrected chi connectivity index (χ3v) is 4.17. The van der Waals surface area contributed by atoms with Crippen molar-refractivity contribution < 1.29 is 13.9 Å². The number of nitrogens with one attached hydrogen (secondary N) is 1. The Balaban J connectivity index is 0.00000182. The van der Waals surface area contributed by atoms with Crippen molar-refractivity contribution >= 4 is 36.8 Å². The average Bonchev–Trinajstić information content (AvgIpc) is 3.16. The molecule has 1 aliphatic rings. The predicted octanol–water partition coefficient (Wildman–Crippen LogP) is 3.69. The topological polar surface area (TPSA) is 54.5 Å². The number of aromatic nitrogens is 1. The van der Waals surface area contributed by atoms with Gasteiger partial charge in [0.2, 0.25) is 5.91 Å². The fourth-order valence-electron chi connectivity index (χ4n) is 2.67. The van der Waals surface area contributed by atoms with E-state index in [9.17, 15) is 9.18 Å². The van der Waals surface area contributed by atoms with E-state index in [0.29, 0.717) is 11.3 Å². The fraction of sp³-hybridized carbons (Fsp3) is 0.263. The molecule has 0 spiro atoms. The zero-order valence-electron chi connectivity index (χ0n) is 14.8. The normalized spacial score (nSPS) is 15.7. The molecule has 8 heteroatoms. The van der Waals surface area contributed by atoms with Gasteiger partial charge >= 0.3 is 0 Å². The minimum Gasteiger partial charge on any atom is -0.453 e. The van der Waals surface area contributed by atoms with Crippen molar-refractivity contribution in [1.82, 2.24) is 15.2 Å².